The van der Waals surface area contributed by atoms with E-state index in [1.165, 1.54) is 7.11 Å². The van der Waals surface area contributed by atoms with E-state index in [1.807, 2.05) is 0 Å². The van der Waals surface area contributed by atoms with Gasteiger partial charge < -0.3 is 9.47 Å². The van der Waals surface area contributed by atoms with Gasteiger partial charge in [0.1, 0.15) is 5.75 Å². The molecule has 1 aromatic rings. The van der Waals surface area contributed by atoms with Crippen LogP contribution in [0.5, 0.6) is 5.75 Å². The lowest BCUT2D eigenvalue weighted by atomic mass is 10.1. The van der Waals surface area contributed by atoms with Gasteiger partial charge in [0, 0.05) is 5.02 Å². The SMILES string of the molecule is COC(=O)C(C)(C)Oc1ccc(Cl)cc1Cl. The zero-order valence-electron chi connectivity index (χ0n) is 9.21. The van der Waals surface area contributed by atoms with Gasteiger partial charge in [-0.15, -0.1) is 0 Å². The number of hydrogen-bond donors (Lipinski definition) is 0. The number of rotatable bonds is 3. The Morgan fingerprint density at radius 3 is 2.44 bits per heavy atom. The van der Waals surface area contributed by atoms with Crippen LogP contribution in [0.25, 0.3) is 0 Å². The Morgan fingerprint density at radius 2 is 1.94 bits per heavy atom. The van der Waals surface area contributed by atoms with Crippen molar-refractivity contribution in [1.82, 2.24) is 0 Å². The molecule has 0 bridgehead atoms. The summed E-state index contributed by atoms with van der Waals surface area (Å²) < 4.78 is 10.1. The number of halogens is 2. The van der Waals surface area contributed by atoms with Gasteiger partial charge in [0.25, 0.3) is 0 Å². The van der Waals surface area contributed by atoms with Crippen molar-refractivity contribution in [3.63, 3.8) is 0 Å². The largest absolute Gasteiger partial charge is 0.475 e. The van der Waals surface area contributed by atoms with E-state index in [9.17, 15) is 4.79 Å². The Kier molecular flexibility index (Phi) is 4.05. The van der Waals surface area contributed by atoms with Crippen molar-refractivity contribution < 1.29 is 14.3 Å². The van der Waals surface area contributed by atoms with Crippen molar-refractivity contribution in [1.29, 1.82) is 0 Å². The van der Waals surface area contributed by atoms with Gasteiger partial charge in [-0.1, -0.05) is 23.2 Å². The summed E-state index contributed by atoms with van der Waals surface area (Å²) in [4.78, 5) is 11.4. The molecule has 0 unspecified atom stereocenters. The third-order valence-electron chi connectivity index (χ3n) is 1.94. The van der Waals surface area contributed by atoms with E-state index in [1.54, 1.807) is 32.0 Å². The monoisotopic (exact) mass is 262 g/mol. The highest BCUT2D eigenvalue weighted by Gasteiger charge is 2.31. The fourth-order valence-corrected chi connectivity index (χ4v) is 1.57. The molecule has 1 rings (SSSR count). The van der Waals surface area contributed by atoms with Gasteiger partial charge in [0.05, 0.1) is 12.1 Å². The summed E-state index contributed by atoms with van der Waals surface area (Å²) in [5.41, 5.74) is -1.09. The van der Waals surface area contributed by atoms with Crippen molar-refractivity contribution in [3.8, 4) is 5.75 Å². The summed E-state index contributed by atoms with van der Waals surface area (Å²) in [5.74, 6) is -0.0833. The second kappa shape index (κ2) is 4.93. The van der Waals surface area contributed by atoms with Crippen LogP contribution in [-0.2, 0) is 9.53 Å². The molecule has 0 radical (unpaired) electrons. The number of methoxy groups -OCH3 is 1. The molecule has 0 fully saturated rings. The smallest absolute Gasteiger partial charge is 0.349 e. The van der Waals surface area contributed by atoms with Crippen LogP contribution in [0.4, 0.5) is 0 Å². The minimum absolute atomic E-state index is 0.351. The Bertz CT molecular complexity index is 402. The summed E-state index contributed by atoms with van der Waals surface area (Å²) in [5, 5.41) is 0.859. The standard InChI is InChI=1S/C11H12Cl2O3/c1-11(2,10(14)15-3)16-9-5-4-7(12)6-8(9)13/h4-6H,1-3H3. The lowest BCUT2D eigenvalue weighted by molar-refractivity contribution is -0.156. The third kappa shape index (κ3) is 3.03. The molecule has 0 saturated heterocycles. The van der Waals surface area contributed by atoms with Crippen LogP contribution in [0, 0.1) is 0 Å². The molecule has 88 valence electrons. The van der Waals surface area contributed by atoms with Crippen LogP contribution in [0.15, 0.2) is 18.2 Å². The summed E-state index contributed by atoms with van der Waals surface area (Å²) in [6.45, 7) is 3.20. The normalized spacial score (nSPS) is 11.1. The van der Waals surface area contributed by atoms with Crippen LogP contribution < -0.4 is 4.74 Å². The molecule has 16 heavy (non-hydrogen) atoms. The number of carbonyl (C=O) groups is 1. The topological polar surface area (TPSA) is 35.5 Å². The van der Waals surface area contributed by atoms with Crippen LogP contribution in [0.3, 0.4) is 0 Å². The molecule has 1 aromatic carbocycles. The highest BCUT2D eigenvalue weighted by atomic mass is 35.5. The highest BCUT2D eigenvalue weighted by Crippen LogP contribution is 2.30. The van der Waals surface area contributed by atoms with E-state index < -0.39 is 11.6 Å². The average molecular weight is 263 g/mol. The Balaban J connectivity index is 2.92. The summed E-state index contributed by atoms with van der Waals surface area (Å²) >= 11 is 11.7. The molecular weight excluding hydrogens is 251 g/mol. The van der Waals surface area contributed by atoms with Gasteiger partial charge in [-0.3, -0.25) is 0 Å². The maximum Gasteiger partial charge on any atom is 0.349 e. The third-order valence-corrected chi connectivity index (χ3v) is 2.47. The lowest BCUT2D eigenvalue weighted by Gasteiger charge is -2.23. The second-order valence-electron chi connectivity index (χ2n) is 3.68. The summed E-state index contributed by atoms with van der Waals surface area (Å²) in [6, 6.07) is 4.79. The molecule has 0 saturated carbocycles. The highest BCUT2D eigenvalue weighted by molar-refractivity contribution is 6.35. The van der Waals surface area contributed by atoms with E-state index in [0.717, 1.165) is 0 Å². The molecule has 0 N–H and O–H groups in total. The Morgan fingerprint density at radius 1 is 1.31 bits per heavy atom. The Labute approximate surface area is 104 Å². The fraction of sp³-hybridized carbons (Fsp3) is 0.364. The minimum atomic E-state index is -1.09. The molecule has 0 atom stereocenters. The van der Waals surface area contributed by atoms with Crippen molar-refractivity contribution >= 4 is 29.2 Å². The van der Waals surface area contributed by atoms with E-state index in [2.05, 4.69) is 4.74 Å². The van der Waals surface area contributed by atoms with Crippen LogP contribution in [0.1, 0.15) is 13.8 Å². The Hall–Kier alpha value is -0.930. The van der Waals surface area contributed by atoms with Gasteiger partial charge in [-0.25, -0.2) is 4.79 Å². The molecule has 0 heterocycles. The zero-order chi connectivity index (χ0) is 12.3. The predicted molar refractivity (Wildman–Crippen MR) is 63.2 cm³/mol. The molecule has 0 aliphatic heterocycles. The predicted octanol–water partition coefficient (Wildman–Crippen LogP) is 3.32. The number of hydrogen-bond acceptors (Lipinski definition) is 3. The first-order valence-corrected chi connectivity index (χ1v) is 5.35. The van der Waals surface area contributed by atoms with Crippen LogP contribution in [0.2, 0.25) is 10.0 Å². The maximum atomic E-state index is 11.4. The lowest BCUT2D eigenvalue weighted by Crippen LogP contribution is -2.39. The molecule has 5 heteroatoms. The quantitative estimate of drug-likeness (QED) is 0.784. The molecule has 3 nitrogen and oxygen atoms in total. The molecule has 0 amide bonds. The van der Waals surface area contributed by atoms with Crippen LogP contribution in [-0.4, -0.2) is 18.7 Å². The summed E-state index contributed by atoms with van der Waals surface area (Å²) in [7, 11) is 1.30. The van der Waals surface area contributed by atoms with Gasteiger partial charge in [0.2, 0.25) is 0 Å². The van der Waals surface area contributed by atoms with E-state index in [0.29, 0.717) is 15.8 Å². The second-order valence-corrected chi connectivity index (χ2v) is 4.52. The molecule has 0 aliphatic rings. The van der Waals surface area contributed by atoms with E-state index in [-0.39, 0.29) is 0 Å². The number of carbonyl (C=O) groups excluding carboxylic acids is 1. The number of ether oxygens (including phenoxy) is 2. The average Bonchev–Trinajstić information content (AvgIpc) is 2.21. The zero-order valence-corrected chi connectivity index (χ0v) is 10.7. The van der Waals surface area contributed by atoms with Crippen molar-refractivity contribution in [2.24, 2.45) is 0 Å². The van der Waals surface area contributed by atoms with Crippen molar-refractivity contribution in [3.05, 3.63) is 28.2 Å². The molecule has 0 spiro atoms. The van der Waals surface area contributed by atoms with Gasteiger partial charge in [-0.2, -0.15) is 0 Å². The van der Waals surface area contributed by atoms with Crippen molar-refractivity contribution in [2.45, 2.75) is 19.4 Å². The van der Waals surface area contributed by atoms with E-state index >= 15 is 0 Å². The fourth-order valence-electron chi connectivity index (χ4n) is 1.12. The minimum Gasteiger partial charge on any atom is -0.475 e. The van der Waals surface area contributed by atoms with Gasteiger partial charge in [0.15, 0.2) is 5.60 Å². The van der Waals surface area contributed by atoms with Gasteiger partial charge in [-0.05, 0) is 32.0 Å². The molecule has 0 aromatic heterocycles. The number of benzene rings is 1. The first-order valence-electron chi connectivity index (χ1n) is 4.59. The van der Waals surface area contributed by atoms with Gasteiger partial charge >= 0.3 is 5.97 Å². The first-order chi connectivity index (χ1) is 7.36. The van der Waals surface area contributed by atoms with E-state index in [4.69, 9.17) is 27.9 Å². The maximum absolute atomic E-state index is 11.4. The van der Waals surface area contributed by atoms with Crippen LogP contribution >= 0.6 is 23.2 Å². The molecular formula is C11H12Cl2O3. The van der Waals surface area contributed by atoms with Crippen molar-refractivity contribution in [2.75, 3.05) is 7.11 Å². The summed E-state index contributed by atoms with van der Waals surface area (Å²) in [6.07, 6.45) is 0. The molecule has 0 aliphatic carbocycles. The first kappa shape index (κ1) is 13.1. The number of esters is 1.